The zero-order valence-corrected chi connectivity index (χ0v) is 15.3. The number of benzene rings is 1. The quantitative estimate of drug-likeness (QED) is 0.733. The van der Waals surface area contributed by atoms with Crippen LogP contribution < -0.4 is 5.73 Å². The molecule has 1 amide bonds. The van der Waals surface area contributed by atoms with Gasteiger partial charge < -0.3 is 10.6 Å². The van der Waals surface area contributed by atoms with Crippen LogP contribution in [0, 0.1) is 11.6 Å². The van der Waals surface area contributed by atoms with Crippen molar-refractivity contribution in [3.63, 3.8) is 0 Å². The van der Waals surface area contributed by atoms with E-state index in [-0.39, 0.29) is 24.9 Å². The maximum atomic E-state index is 13.5. The number of aromatic nitrogens is 3. The molecule has 0 radical (unpaired) electrons. The zero-order chi connectivity index (χ0) is 19.8. The molecular formula is C20H19F2N5O. The lowest BCUT2D eigenvalue weighted by Gasteiger charge is -2.26. The molecule has 28 heavy (non-hydrogen) atoms. The minimum Gasteiger partial charge on any atom is -0.330 e. The Bertz CT molecular complexity index is 1030. The molecule has 0 bridgehead atoms. The van der Waals surface area contributed by atoms with Crippen molar-refractivity contribution in [1.82, 2.24) is 19.7 Å². The van der Waals surface area contributed by atoms with E-state index in [9.17, 15) is 13.6 Å². The molecule has 1 aliphatic rings. The summed E-state index contributed by atoms with van der Waals surface area (Å²) in [5.41, 5.74) is 9.30. The van der Waals surface area contributed by atoms with Crippen LogP contribution in [0.2, 0.25) is 0 Å². The summed E-state index contributed by atoms with van der Waals surface area (Å²) in [7, 11) is 1.82. The standard InChI is InChI=1S/C20H19F2N5O/c1-26-19(2-3-25-26)18-7-13-11-27(20(28)17(13)10-24-18)16(9-23)6-12-4-14(21)8-15(22)5-12/h2-5,7-8,10,16H,6,9,11,23H2,1H3/t16-/m0/s1. The van der Waals surface area contributed by atoms with Crippen LogP contribution in [0.15, 0.2) is 42.7 Å². The Kier molecular flexibility index (Phi) is 4.64. The molecule has 1 aliphatic heterocycles. The van der Waals surface area contributed by atoms with E-state index < -0.39 is 11.6 Å². The third-order valence-corrected chi connectivity index (χ3v) is 5.01. The number of aryl methyl sites for hydroxylation is 1. The molecule has 3 heterocycles. The second-order valence-electron chi connectivity index (χ2n) is 6.87. The molecule has 0 fully saturated rings. The summed E-state index contributed by atoms with van der Waals surface area (Å²) in [6, 6.07) is 6.71. The number of pyridine rings is 1. The number of carbonyl (C=O) groups is 1. The Morgan fingerprint density at radius 1 is 1.21 bits per heavy atom. The fourth-order valence-corrected chi connectivity index (χ4v) is 3.61. The van der Waals surface area contributed by atoms with E-state index >= 15 is 0 Å². The molecule has 4 rings (SSSR count). The number of hydrogen-bond acceptors (Lipinski definition) is 4. The smallest absolute Gasteiger partial charge is 0.256 e. The summed E-state index contributed by atoms with van der Waals surface area (Å²) in [4.78, 5) is 18.9. The van der Waals surface area contributed by atoms with Crippen molar-refractivity contribution in [3.05, 3.63) is 71.1 Å². The molecule has 144 valence electrons. The lowest BCUT2D eigenvalue weighted by atomic mass is 10.0. The number of carbonyl (C=O) groups excluding carboxylic acids is 1. The van der Waals surface area contributed by atoms with Crippen LogP contribution in [0.1, 0.15) is 21.5 Å². The summed E-state index contributed by atoms with van der Waals surface area (Å²) in [5.74, 6) is -1.47. The number of hydrogen-bond donors (Lipinski definition) is 1. The molecule has 2 aromatic heterocycles. The van der Waals surface area contributed by atoms with E-state index in [1.165, 1.54) is 12.1 Å². The number of nitrogens with two attached hydrogens (primary N) is 1. The monoisotopic (exact) mass is 383 g/mol. The van der Waals surface area contributed by atoms with Crippen molar-refractivity contribution in [3.8, 4) is 11.4 Å². The number of rotatable bonds is 5. The Morgan fingerprint density at radius 3 is 2.61 bits per heavy atom. The number of halogens is 2. The third-order valence-electron chi connectivity index (χ3n) is 5.01. The Hall–Kier alpha value is -3.13. The normalized spacial score (nSPS) is 14.4. The summed E-state index contributed by atoms with van der Waals surface area (Å²) in [6.07, 6.45) is 3.52. The van der Waals surface area contributed by atoms with Gasteiger partial charge in [-0.15, -0.1) is 0 Å². The number of fused-ring (bicyclic) bond motifs is 1. The van der Waals surface area contributed by atoms with Crippen LogP contribution in [0.4, 0.5) is 8.78 Å². The van der Waals surface area contributed by atoms with Gasteiger partial charge in [-0.3, -0.25) is 14.5 Å². The molecule has 0 saturated carbocycles. The van der Waals surface area contributed by atoms with Crippen molar-refractivity contribution >= 4 is 5.91 Å². The van der Waals surface area contributed by atoms with Crippen LogP contribution in [0.5, 0.6) is 0 Å². The Morgan fingerprint density at radius 2 is 1.96 bits per heavy atom. The van der Waals surface area contributed by atoms with Gasteiger partial charge in [-0.05, 0) is 41.8 Å². The van der Waals surface area contributed by atoms with E-state index in [0.29, 0.717) is 17.7 Å². The summed E-state index contributed by atoms with van der Waals surface area (Å²) < 4.78 is 28.7. The van der Waals surface area contributed by atoms with Gasteiger partial charge in [0, 0.05) is 44.6 Å². The van der Waals surface area contributed by atoms with Crippen LogP contribution in [0.3, 0.4) is 0 Å². The van der Waals surface area contributed by atoms with Gasteiger partial charge in [-0.25, -0.2) is 8.78 Å². The lowest BCUT2D eigenvalue weighted by Crippen LogP contribution is -2.42. The van der Waals surface area contributed by atoms with Gasteiger partial charge in [0.1, 0.15) is 11.6 Å². The average Bonchev–Trinajstić information content (AvgIpc) is 3.22. The van der Waals surface area contributed by atoms with E-state index in [2.05, 4.69) is 10.1 Å². The molecule has 1 aromatic carbocycles. The highest BCUT2D eigenvalue weighted by molar-refractivity contribution is 5.98. The predicted octanol–water partition coefficient (Wildman–Crippen LogP) is 2.29. The minimum atomic E-state index is -0.646. The highest BCUT2D eigenvalue weighted by atomic mass is 19.1. The molecule has 3 aromatic rings. The first kappa shape index (κ1) is 18.2. The first-order valence-electron chi connectivity index (χ1n) is 8.89. The van der Waals surface area contributed by atoms with Crippen molar-refractivity contribution < 1.29 is 13.6 Å². The van der Waals surface area contributed by atoms with E-state index in [1.807, 2.05) is 19.2 Å². The van der Waals surface area contributed by atoms with Crippen LogP contribution >= 0.6 is 0 Å². The van der Waals surface area contributed by atoms with Crippen molar-refractivity contribution in [2.24, 2.45) is 12.8 Å². The highest BCUT2D eigenvalue weighted by Gasteiger charge is 2.33. The second-order valence-corrected chi connectivity index (χ2v) is 6.87. The van der Waals surface area contributed by atoms with Crippen LogP contribution in [0.25, 0.3) is 11.4 Å². The van der Waals surface area contributed by atoms with Crippen molar-refractivity contribution in [2.45, 2.75) is 19.0 Å². The topological polar surface area (TPSA) is 77.0 Å². The van der Waals surface area contributed by atoms with Crippen molar-refractivity contribution in [1.29, 1.82) is 0 Å². The first-order valence-corrected chi connectivity index (χ1v) is 8.89. The highest BCUT2D eigenvalue weighted by Crippen LogP contribution is 2.28. The predicted molar refractivity (Wildman–Crippen MR) is 99.2 cm³/mol. The maximum Gasteiger partial charge on any atom is 0.256 e. The summed E-state index contributed by atoms with van der Waals surface area (Å²) >= 11 is 0. The third kappa shape index (κ3) is 3.27. The molecular weight excluding hydrogens is 364 g/mol. The summed E-state index contributed by atoms with van der Waals surface area (Å²) in [6.45, 7) is 0.557. The van der Waals surface area contributed by atoms with Gasteiger partial charge in [0.05, 0.1) is 17.0 Å². The molecule has 0 saturated heterocycles. The van der Waals surface area contributed by atoms with Gasteiger partial charge >= 0.3 is 0 Å². The van der Waals surface area contributed by atoms with E-state index in [1.54, 1.807) is 22.0 Å². The van der Waals surface area contributed by atoms with Crippen LogP contribution in [-0.2, 0) is 20.0 Å². The van der Waals surface area contributed by atoms with Gasteiger partial charge in [-0.2, -0.15) is 5.10 Å². The Balaban J connectivity index is 1.59. The average molecular weight is 383 g/mol. The zero-order valence-electron chi connectivity index (χ0n) is 15.3. The fraction of sp³-hybridized carbons (Fsp3) is 0.250. The maximum absolute atomic E-state index is 13.5. The fourth-order valence-electron chi connectivity index (χ4n) is 3.61. The molecule has 1 atom stereocenters. The summed E-state index contributed by atoms with van der Waals surface area (Å²) in [5, 5.41) is 4.14. The molecule has 6 nitrogen and oxygen atoms in total. The Labute approximate surface area is 160 Å². The minimum absolute atomic E-state index is 0.175. The van der Waals surface area contributed by atoms with Gasteiger partial charge in [-0.1, -0.05) is 0 Å². The van der Waals surface area contributed by atoms with E-state index in [0.717, 1.165) is 23.0 Å². The molecule has 0 spiro atoms. The van der Waals surface area contributed by atoms with Gasteiger partial charge in [0.15, 0.2) is 0 Å². The largest absolute Gasteiger partial charge is 0.330 e. The van der Waals surface area contributed by atoms with Gasteiger partial charge in [0.25, 0.3) is 5.91 Å². The first-order chi connectivity index (χ1) is 13.5. The molecule has 0 aliphatic carbocycles. The van der Waals surface area contributed by atoms with E-state index in [4.69, 9.17) is 5.73 Å². The van der Waals surface area contributed by atoms with Gasteiger partial charge in [0.2, 0.25) is 0 Å². The lowest BCUT2D eigenvalue weighted by molar-refractivity contribution is 0.0708. The second kappa shape index (κ2) is 7.12. The number of nitrogens with zero attached hydrogens (tertiary/aromatic N) is 4. The van der Waals surface area contributed by atoms with Crippen molar-refractivity contribution in [2.75, 3.05) is 6.54 Å². The molecule has 2 N–H and O–H groups in total. The number of amides is 1. The molecule has 0 unspecified atom stereocenters. The molecule has 8 heteroatoms. The van der Waals surface area contributed by atoms with Crippen LogP contribution in [-0.4, -0.2) is 38.2 Å². The SMILES string of the molecule is Cn1nccc1-c1cc2c(cn1)C(=O)N([C@H](CN)Cc1cc(F)cc(F)c1)C2.